The lowest BCUT2D eigenvalue weighted by Crippen LogP contribution is -2.48. The molecule has 0 aromatic rings. The third kappa shape index (κ3) is 6.39. The van der Waals surface area contributed by atoms with Crippen molar-refractivity contribution in [3.63, 3.8) is 0 Å². The molecule has 1 aliphatic rings. The van der Waals surface area contributed by atoms with Crippen molar-refractivity contribution in [3.8, 4) is 0 Å². The van der Waals surface area contributed by atoms with E-state index in [0.29, 0.717) is 6.54 Å². The highest BCUT2D eigenvalue weighted by molar-refractivity contribution is 5.81. The summed E-state index contributed by atoms with van der Waals surface area (Å²) in [5.41, 5.74) is 0.112. The van der Waals surface area contributed by atoms with E-state index < -0.39 is 6.10 Å². The van der Waals surface area contributed by atoms with Crippen molar-refractivity contribution in [3.05, 3.63) is 0 Å². The maximum Gasteiger partial charge on any atom is 0.239 e. The number of hydrogen-bond donors (Lipinski definition) is 2. The number of piperidine rings is 1. The van der Waals surface area contributed by atoms with Gasteiger partial charge in [0, 0.05) is 19.6 Å². The molecule has 0 aromatic carbocycles. The number of rotatable bonds is 5. The summed E-state index contributed by atoms with van der Waals surface area (Å²) in [5.74, 6) is 0.169. The molecule has 0 bridgehead atoms. The average molecular weight is 270 g/mol. The zero-order valence-corrected chi connectivity index (χ0v) is 12.9. The van der Waals surface area contributed by atoms with E-state index in [-0.39, 0.29) is 17.4 Å². The van der Waals surface area contributed by atoms with Crippen LogP contribution in [-0.4, -0.2) is 47.7 Å². The fourth-order valence-electron chi connectivity index (χ4n) is 2.57. The first-order valence-electron chi connectivity index (χ1n) is 7.50. The number of hydrogen-bond acceptors (Lipinski definition) is 3. The van der Waals surface area contributed by atoms with E-state index in [1.54, 1.807) is 0 Å². The largest absolute Gasteiger partial charge is 0.392 e. The number of carbonyl (C=O) groups is 1. The Hall–Kier alpha value is -0.610. The van der Waals surface area contributed by atoms with Crippen LogP contribution >= 0.6 is 0 Å². The highest BCUT2D eigenvalue weighted by Gasteiger charge is 2.23. The van der Waals surface area contributed by atoms with Gasteiger partial charge in [0.25, 0.3) is 0 Å². The van der Waals surface area contributed by atoms with Gasteiger partial charge in [0.15, 0.2) is 0 Å². The second-order valence-electron chi connectivity index (χ2n) is 6.93. The van der Waals surface area contributed by atoms with Gasteiger partial charge in [-0.3, -0.25) is 4.79 Å². The van der Waals surface area contributed by atoms with E-state index in [4.69, 9.17) is 0 Å². The highest BCUT2D eigenvalue weighted by atomic mass is 16.3. The number of likely N-dealkylation sites (tertiary alicyclic amines) is 1. The van der Waals surface area contributed by atoms with E-state index in [0.717, 1.165) is 32.4 Å². The summed E-state index contributed by atoms with van der Waals surface area (Å²) in [6, 6.07) is -0.201. The van der Waals surface area contributed by atoms with Crippen molar-refractivity contribution in [2.45, 2.75) is 65.5 Å². The molecule has 4 nitrogen and oxygen atoms in total. The first kappa shape index (κ1) is 16.4. The second kappa shape index (κ2) is 7.25. The maximum atomic E-state index is 12.2. The first-order valence-corrected chi connectivity index (χ1v) is 7.50. The van der Waals surface area contributed by atoms with E-state index in [1.165, 1.54) is 6.42 Å². The Bertz CT molecular complexity index is 280. The van der Waals surface area contributed by atoms with Gasteiger partial charge in [0.2, 0.25) is 5.91 Å². The molecule has 0 radical (unpaired) electrons. The van der Waals surface area contributed by atoms with Crippen LogP contribution < -0.4 is 5.32 Å². The standard InChI is InChI=1S/C15H30N2O2/c1-12(14(19)17-8-6-5-7-9-17)16-11-13(18)10-15(2,3)4/h12-13,16,18H,5-11H2,1-4H3. The topological polar surface area (TPSA) is 52.6 Å². The average Bonchev–Trinajstić information content (AvgIpc) is 2.34. The van der Waals surface area contributed by atoms with Crippen LogP contribution in [0.1, 0.15) is 53.4 Å². The molecule has 112 valence electrons. The van der Waals surface area contributed by atoms with Gasteiger partial charge in [-0.1, -0.05) is 20.8 Å². The molecule has 4 heteroatoms. The van der Waals surface area contributed by atoms with Gasteiger partial charge in [-0.05, 0) is 38.0 Å². The quantitative estimate of drug-likeness (QED) is 0.800. The number of nitrogens with one attached hydrogen (secondary N) is 1. The zero-order valence-electron chi connectivity index (χ0n) is 12.9. The van der Waals surface area contributed by atoms with Gasteiger partial charge in [-0.2, -0.15) is 0 Å². The van der Waals surface area contributed by atoms with Gasteiger partial charge >= 0.3 is 0 Å². The summed E-state index contributed by atoms with van der Waals surface area (Å²) in [4.78, 5) is 14.1. The van der Waals surface area contributed by atoms with Gasteiger partial charge in [-0.25, -0.2) is 0 Å². The molecule has 1 amide bonds. The molecule has 1 saturated heterocycles. The monoisotopic (exact) mass is 270 g/mol. The number of nitrogens with zero attached hydrogens (tertiary/aromatic N) is 1. The molecule has 2 atom stereocenters. The van der Waals surface area contributed by atoms with Gasteiger partial charge in [0.05, 0.1) is 12.1 Å². The third-order valence-electron chi connectivity index (χ3n) is 3.55. The number of aliphatic hydroxyl groups excluding tert-OH is 1. The van der Waals surface area contributed by atoms with Crippen LogP contribution in [0.2, 0.25) is 0 Å². The van der Waals surface area contributed by atoms with Crippen LogP contribution in [0, 0.1) is 5.41 Å². The maximum absolute atomic E-state index is 12.2. The van der Waals surface area contributed by atoms with Crippen LogP contribution in [0.5, 0.6) is 0 Å². The summed E-state index contributed by atoms with van der Waals surface area (Å²) in [6.07, 6.45) is 3.81. The van der Waals surface area contributed by atoms with Gasteiger partial charge in [0.1, 0.15) is 0 Å². The van der Waals surface area contributed by atoms with Crippen molar-refractivity contribution in [1.82, 2.24) is 10.2 Å². The predicted octanol–water partition coefficient (Wildman–Crippen LogP) is 1.77. The Morgan fingerprint density at radius 1 is 1.26 bits per heavy atom. The third-order valence-corrected chi connectivity index (χ3v) is 3.55. The van der Waals surface area contributed by atoms with E-state index in [2.05, 4.69) is 26.1 Å². The van der Waals surface area contributed by atoms with Crippen LogP contribution in [0.15, 0.2) is 0 Å². The minimum absolute atomic E-state index is 0.112. The van der Waals surface area contributed by atoms with Crippen LogP contribution in [0.4, 0.5) is 0 Å². The molecule has 0 aromatic heterocycles. The van der Waals surface area contributed by atoms with Crippen LogP contribution in [-0.2, 0) is 4.79 Å². The van der Waals surface area contributed by atoms with E-state index in [9.17, 15) is 9.90 Å². The van der Waals surface area contributed by atoms with Crippen molar-refractivity contribution in [2.75, 3.05) is 19.6 Å². The summed E-state index contributed by atoms with van der Waals surface area (Å²) >= 11 is 0. The van der Waals surface area contributed by atoms with Crippen molar-refractivity contribution in [2.24, 2.45) is 5.41 Å². The zero-order chi connectivity index (χ0) is 14.5. The van der Waals surface area contributed by atoms with Crippen molar-refractivity contribution >= 4 is 5.91 Å². The fraction of sp³-hybridized carbons (Fsp3) is 0.933. The van der Waals surface area contributed by atoms with Gasteiger partial charge in [-0.15, -0.1) is 0 Å². The van der Waals surface area contributed by atoms with Crippen LogP contribution in [0.3, 0.4) is 0 Å². The molecule has 0 spiro atoms. The molecular formula is C15H30N2O2. The lowest BCUT2D eigenvalue weighted by atomic mass is 9.89. The Morgan fingerprint density at radius 3 is 2.37 bits per heavy atom. The number of aliphatic hydroxyl groups is 1. The molecule has 1 heterocycles. The molecule has 19 heavy (non-hydrogen) atoms. The van der Waals surface area contributed by atoms with Gasteiger partial charge < -0.3 is 15.3 Å². The highest BCUT2D eigenvalue weighted by Crippen LogP contribution is 2.20. The fourth-order valence-corrected chi connectivity index (χ4v) is 2.57. The number of amides is 1. The molecule has 1 fully saturated rings. The smallest absolute Gasteiger partial charge is 0.239 e. The lowest BCUT2D eigenvalue weighted by molar-refractivity contribution is -0.134. The Labute approximate surface area is 117 Å². The summed E-state index contributed by atoms with van der Waals surface area (Å²) in [5, 5.41) is 13.1. The van der Waals surface area contributed by atoms with Crippen molar-refractivity contribution in [1.29, 1.82) is 0 Å². The normalized spacial score (nSPS) is 20.2. The molecule has 2 N–H and O–H groups in total. The summed E-state index contributed by atoms with van der Waals surface area (Å²) < 4.78 is 0. The Morgan fingerprint density at radius 2 is 1.84 bits per heavy atom. The first-order chi connectivity index (χ1) is 8.79. The molecule has 1 rings (SSSR count). The SMILES string of the molecule is CC(NCC(O)CC(C)(C)C)C(=O)N1CCCCC1. The lowest BCUT2D eigenvalue weighted by Gasteiger charge is -2.30. The molecular weight excluding hydrogens is 240 g/mol. The minimum atomic E-state index is -0.392. The molecule has 0 aliphatic carbocycles. The number of carbonyl (C=O) groups excluding carboxylic acids is 1. The summed E-state index contributed by atoms with van der Waals surface area (Å²) in [6.45, 7) is 10.5. The van der Waals surface area contributed by atoms with E-state index in [1.807, 2.05) is 11.8 Å². The molecule has 0 saturated carbocycles. The summed E-state index contributed by atoms with van der Waals surface area (Å²) in [7, 11) is 0. The second-order valence-corrected chi connectivity index (χ2v) is 6.93. The molecule has 2 unspecified atom stereocenters. The van der Waals surface area contributed by atoms with E-state index >= 15 is 0 Å². The Kier molecular flexibility index (Phi) is 6.27. The minimum Gasteiger partial charge on any atom is -0.392 e. The van der Waals surface area contributed by atoms with Crippen LogP contribution in [0.25, 0.3) is 0 Å². The predicted molar refractivity (Wildman–Crippen MR) is 78.0 cm³/mol. The molecule has 1 aliphatic heterocycles. The Balaban J connectivity index is 2.29. The van der Waals surface area contributed by atoms with Crippen molar-refractivity contribution < 1.29 is 9.90 Å².